The first kappa shape index (κ1) is 11.7. The summed E-state index contributed by atoms with van der Waals surface area (Å²) in [5.74, 6) is -0.263. The zero-order valence-corrected chi connectivity index (χ0v) is 10.2. The van der Waals surface area contributed by atoms with Gasteiger partial charge in [0.25, 0.3) is 0 Å². The summed E-state index contributed by atoms with van der Waals surface area (Å²) < 4.78 is 0. The lowest BCUT2D eigenvalue weighted by atomic mass is 9.99. The van der Waals surface area contributed by atoms with Gasteiger partial charge in [0.2, 0.25) is 0 Å². The smallest absolute Gasteiger partial charge is 0.303 e. The number of nitrogens with one attached hydrogen (secondary N) is 1. The molecule has 2 N–H and O–H groups in total. The van der Waals surface area contributed by atoms with E-state index in [9.17, 15) is 4.79 Å². The van der Waals surface area contributed by atoms with Crippen LogP contribution in [0.1, 0.15) is 37.3 Å². The Morgan fingerprint density at radius 2 is 2.18 bits per heavy atom. The molecular weight excluding hydrogens is 214 g/mol. The van der Waals surface area contributed by atoms with Crippen molar-refractivity contribution in [3.05, 3.63) is 35.5 Å². The van der Waals surface area contributed by atoms with Gasteiger partial charge in [-0.25, -0.2) is 0 Å². The van der Waals surface area contributed by atoms with E-state index in [1.165, 1.54) is 5.56 Å². The van der Waals surface area contributed by atoms with Gasteiger partial charge in [-0.05, 0) is 35.6 Å². The van der Waals surface area contributed by atoms with Crippen LogP contribution in [0.15, 0.2) is 24.4 Å². The molecule has 0 bridgehead atoms. The second-order valence-electron chi connectivity index (χ2n) is 4.67. The highest BCUT2D eigenvalue weighted by Gasteiger charge is 2.08. The molecule has 17 heavy (non-hydrogen) atoms. The van der Waals surface area contributed by atoms with Crippen LogP contribution in [0.5, 0.6) is 0 Å². The number of benzene rings is 1. The van der Waals surface area contributed by atoms with Gasteiger partial charge < -0.3 is 10.1 Å². The van der Waals surface area contributed by atoms with Gasteiger partial charge in [0.05, 0.1) is 0 Å². The number of aromatic nitrogens is 1. The molecule has 1 heterocycles. The standard InChI is InChI=1S/C14H17NO2/c1-9(2)10-3-5-13-12(7-10)11(8-15-13)4-6-14(16)17/h3,5,7-9,15H,4,6H2,1-2H3,(H,16,17). The van der Waals surface area contributed by atoms with Crippen molar-refractivity contribution >= 4 is 16.9 Å². The minimum absolute atomic E-state index is 0.179. The predicted octanol–water partition coefficient (Wildman–Crippen LogP) is 3.31. The molecule has 0 aliphatic rings. The molecule has 0 aliphatic heterocycles. The van der Waals surface area contributed by atoms with Crippen molar-refractivity contribution in [2.24, 2.45) is 0 Å². The molecule has 0 saturated heterocycles. The van der Waals surface area contributed by atoms with Crippen molar-refractivity contribution in [2.45, 2.75) is 32.6 Å². The van der Waals surface area contributed by atoms with Gasteiger partial charge >= 0.3 is 5.97 Å². The number of H-pyrrole nitrogens is 1. The van der Waals surface area contributed by atoms with Crippen LogP contribution in [0.2, 0.25) is 0 Å². The van der Waals surface area contributed by atoms with Crippen LogP contribution in [-0.2, 0) is 11.2 Å². The number of aryl methyl sites for hydroxylation is 1. The molecule has 0 aliphatic carbocycles. The van der Waals surface area contributed by atoms with Crippen molar-refractivity contribution in [1.29, 1.82) is 0 Å². The molecule has 0 saturated carbocycles. The topological polar surface area (TPSA) is 53.1 Å². The molecule has 2 aromatic rings. The lowest BCUT2D eigenvalue weighted by Crippen LogP contribution is -1.96. The predicted molar refractivity (Wildman–Crippen MR) is 68.3 cm³/mol. The van der Waals surface area contributed by atoms with Gasteiger partial charge in [-0.3, -0.25) is 4.79 Å². The minimum Gasteiger partial charge on any atom is -0.481 e. The number of carbonyl (C=O) groups is 1. The van der Waals surface area contributed by atoms with Crippen molar-refractivity contribution in [1.82, 2.24) is 4.98 Å². The fourth-order valence-corrected chi connectivity index (χ4v) is 2.00. The molecule has 2 rings (SSSR count). The van der Waals surface area contributed by atoms with Gasteiger partial charge in [0, 0.05) is 23.5 Å². The van der Waals surface area contributed by atoms with Gasteiger partial charge in [-0.15, -0.1) is 0 Å². The van der Waals surface area contributed by atoms with Gasteiger partial charge in [0.15, 0.2) is 0 Å². The first-order valence-electron chi connectivity index (χ1n) is 5.89. The van der Waals surface area contributed by atoms with Gasteiger partial charge in [0.1, 0.15) is 0 Å². The first-order chi connectivity index (χ1) is 8.08. The number of hydrogen-bond donors (Lipinski definition) is 2. The monoisotopic (exact) mass is 231 g/mol. The summed E-state index contributed by atoms with van der Waals surface area (Å²) in [7, 11) is 0. The Morgan fingerprint density at radius 1 is 1.41 bits per heavy atom. The van der Waals surface area contributed by atoms with E-state index in [0.29, 0.717) is 12.3 Å². The Morgan fingerprint density at radius 3 is 2.82 bits per heavy atom. The van der Waals surface area contributed by atoms with Crippen LogP contribution in [0, 0.1) is 0 Å². The summed E-state index contributed by atoms with van der Waals surface area (Å²) in [5, 5.41) is 9.87. The van der Waals surface area contributed by atoms with E-state index >= 15 is 0 Å². The fourth-order valence-electron chi connectivity index (χ4n) is 2.00. The van der Waals surface area contributed by atoms with E-state index in [2.05, 4.69) is 37.0 Å². The third-order valence-electron chi connectivity index (χ3n) is 3.07. The van der Waals surface area contributed by atoms with Crippen LogP contribution in [0.4, 0.5) is 0 Å². The van der Waals surface area contributed by atoms with Crippen molar-refractivity contribution in [3.63, 3.8) is 0 Å². The number of carboxylic acid groups (broad SMARTS) is 1. The molecule has 3 nitrogen and oxygen atoms in total. The van der Waals surface area contributed by atoms with Crippen LogP contribution in [0.25, 0.3) is 10.9 Å². The number of carboxylic acids is 1. The molecule has 0 atom stereocenters. The summed E-state index contributed by atoms with van der Waals surface area (Å²) in [5.41, 5.74) is 3.45. The lowest BCUT2D eigenvalue weighted by molar-refractivity contribution is -0.136. The highest BCUT2D eigenvalue weighted by molar-refractivity contribution is 5.84. The number of aliphatic carboxylic acids is 1. The maximum absolute atomic E-state index is 10.6. The van der Waals surface area contributed by atoms with E-state index in [1.807, 2.05) is 6.20 Å². The molecule has 90 valence electrons. The Hall–Kier alpha value is -1.77. The average Bonchev–Trinajstić information content (AvgIpc) is 2.68. The largest absolute Gasteiger partial charge is 0.481 e. The third kappa shape index (κ3) is 2.49. The fraction of sp³-hybridized carbons (Fsp3) is 0.357. The van der Waals surface area contributed by atoms with E-state index in [-0.39, 0.29) is 6.42 Å². The van der Waals surface area contributed by atoms with Crippen LogP contribution < -0.4 is 0 Å². The van der Waals surface area contributed by atoms with Crippen molar-refractivity contribution in [3.8, 4) is 0 Å². The van der Waals surface area contributed by atoms with Crippen molar-refractivity contribution < 1.29 is 9.90 Å². The highest BCUT2D eigenvalue weighted by atomic mass is 16.4. The van der Waals surface area contributed by atoms with Crippen LogP contribution >= 0.6 is 0 Å². The Labute approximate surface area is 100 Å². The molecule has 0 radical (unpaired) electrons. The molecular formula is C14H17NO2. The molecule has 1 aromatic heterocycles. The molecule has 3 heteroatoms. The zero-order valence-electron chi connectivity index (χ0n) is 10.2. The quantitative estimate of drug-likeness (QED) is 0.848. The highest BCUT2D eigenvalue weighted by Crippen LogP contribution is 2.24. The first-order valence-corrected chi connectivity index (χ1v) is 5.89. The minimum atomic E-state index is -0.751. The number of rotatable bonds is 4. The number of fused-ring (bicyclic) bond motifs is 1. The summed E-state index contributed by atoms with van der Waals surface area (Å²) in [6, 6.07) is 6.34. The summed E-state index contributed by atoms with van der Waals surface area (Å²) >= 11 is 0. The van der Waals surface area contributed by atoms with Crippen molar-refractivity contribution in [2.75, 3.05) is 0 Å². The Balaban J connectivity index is 2.36. The number of aromatic amines is 1. The molecule has 1 aromatic carbocycles. The van der Waals surface area contributed by atoms with Crippen LogP contribution in [-0.4, -0.2) is 16.1 Å². The Bertz CT molecular complexity index is 540. The molecule has 0 amide bonds. The second kappa shape index (κ2) is 4.62. The molecule has 0 unspecified atom stereocenters. The number of hydrogen-bond acceptors (Lipinski definition) is 1. The van der Waals surface area contributed by atoms with E-state index in [4.69, 9.17) is 5.11 Å². The van der Waals surface area contributed by atoms with E-state index in [1.54, 1.807) is 0 Å². The van der Waals surface area contributed by atoms with Gasteiger partial charge in [-0.2, -0.15) is 0 Å². The third-order valence-corrected chi connectivity index (χ3v) is 3.07. The summed E-state index contributed by atoms with van der Waals surface area (Å²) in [6.07, 6.45) is 2.67. The second-order valence-corrected chi connectivity index (χ2v) is 4.67. The molecule has 0 fully saturated rings. The molecule has 0 spiro atoms. The maximum Gasteiger partial charge on any atom is 0.303 e. The average molecular weight is 231 g/mol. The SMILES string of the molecule is CC(C)c1ccc2[nH]cc(CCC(=O)O)c2c1. The zero-order chi connectivity index (χ0) is 12.4. The summed E-state index contributed by atoms with van der Waals surface area (Å²) in [6.45, 7) is 4.31. The Kier molecular flexibility index (Phi) is 3.18. The summed E-state index contributed by atoms with van der Waals surface area (Å²) in [4.78, 5) is 13.8. The maximum atomic E-state index is 10.6. The lowest BCUT2D eigenvalue weighted by Gasteiger charge is -2.05. The van der Waals surface area contributed by atoms with E-state index in [0.717, 1.165) is 16.5 Å². The normalized spacial score (nSPS) is 11.2. The van der Waals surface area contributed by atoms with E-state index < -0.39 is 5.97 Å². The van der Waals surface area contributed by atoms with Crippen LogP contribution in [0.3, 0.4) is 0 Å². The van der Waals surface area contributed by atoms with Gasteiger partial charge in [-0.1, -0.05) is 19.9 Å².